The zero-order valence-electron chi connectivity index (χ0n) is 11.0. The molecule has 3 aromatic rings. The Morgan fingerprint density at radius 1 is 1.10 bits per heavy atom. The molecule has 0 spiro atoms. The van der Waals surface area contributed by atoms with Crippen LogP contribution in [-0.4, -0.2) is 4.98 Å². The Balaban J connectivity index is 2.09. The van der Waals surface area contributed by atoms with Crippen molar-refractivity contribution in [3.63, 3.8) is 0 Å². The van der Waals surface area contributed by atoms with Crippen molar-refractivity contribution in [2.45, 2.75) is 18.9 Å². The molecule has 1 aliphatic rings. The van der Waals surface area contributed by atoms with E-state index in [1.807, 2.05) is 12.1 Å². The van der Waals surface area contributed by atoms with Gasteiger partial charge in [0.25, 0.3) is 0 Å². The van der Waals surface area contributed by atoms with E-state index in [-0.39, 0.29) is 6.04 Å². The minimum Gasteiger partial charge on any atom is -0.353 e. The maximum Gasteiger partial charge on any atom is 0.0654 e. The van der Waals surface area contributed by atoms with E-state index < -0.39 is 0 Å². The molecule has 0 radical (unpaired) electrons. The molecule has 1 unspecified atom stereocenters. The van der Waals surface area contributed by atoms with E-state index in [4.69, 9.17) is 17.3 Å². The van der Waals surface area contributed by atoms with Crippen LogP contribution < -0.4 is 5.73 Å². The summed E-state index contributed by atoms with van der Waals surface area (Å²) >= 11 is 6.36. The van der Waals surface area contributed by atoms with Gasteiger partial charge in [-0.15, -0.1) is 0 Å². The van der Waals surface area contributed by atoms with Gasteiger partial charge in [-0.1, -0.05) is 48.0 Å². The van der Waals surface area contributed by atoms with Gasteiger partial charge in [0.15, 0.2) is 0 Å². The van der Waals surface area contributed by atoms with Crippen molar-refractivity contribution in [1.82, 2.24) is 4.98 Å². The monoisotopic (exact) mass is 282 g/mol. The highest BCUT2D eigenvalue weighted by Crippen LogP contribution is 2.42. The first-order chi connectivity index (χ1) is 9.75. The van der Waals surface area contributed by atoms with Crippen molar-refractivity contribution in [3.8, 4) is 11.3 Å². The van der Waals surface area contributed by atoms with Gasteiger partial charge in [-0.2, -0.15) is 0 Å². The average Bonchev–Trinajstić information content (AvgIpc) is 2.87. The lowest BCUT2D eigenvalue weighted by Gasteiger charge is -2.20. The van der Waals surface area contributed by atoms with Crippen molar-refractivity contribution in [1.29, 1.82) is 0 Å². The lowest BCUT2D eigenvalue weighted by molar-refractivity contribution is 0.644. The summed E-state index contributed by atoms with van der Waals surface area (Å²) in [5.41, 5.74) is 12.2. The summed E-state index contributed by atoms with van der Waals surface area (Å²) < 4.78 is 0. The number of hydrogen-bond acceptors (Lipinski definition) is 1. The van der Waals surface area contributed by atoms with Crippen LogP contribution in [0.25, 0.3) is 22.2 Å². The molecule has 0 fully saturated rings. The van der Waals surface area contributed by atoms with Crippen molar-refractivity contribution in [2.75, 3.05) is 0 Å². The largest absolute Gasteiger partial charge is 0.353 e. The highest BCUT2D eigenvalue weighted by molar-refractivity contribution is 6.35. The van der Waals surface area contributed by atoms with E-state index in [1.54, 1.807) is 0 Å². The smallest absolute Gasteiger partial charge is 0.0654 e. The normalized spacial score (nSPS) is 17.6. The Labute approximate surface area is 122 Å². The molecule has 3 N–H and O–H groups in total. The number of aryl methyl sites for hydroxylation is 1. The Hall–Kier alpha value is -1.77. The molecule has 1 aliphatic carbocycles. The Morgan fingerprint density at radius 2 is 1.90 bits per heavy atom. The van der Waals surface area contributed by atoms with Crippen LogP contribution in [0.5, 0.6) is 0 Å². The van der Waals surface area contributed by atoms with Crippen LogP contribution in [0.4, 0.5) is 0 Å². The fourth-order valence-electron chi connectivity index (χ4n) is 3.23. The van der Waals surface area contributed by atoms with Crippen molar-refractivity contribution >= 4 is 22.5 Å². The summed E-state index contributed by atoms with van der Waals surface area (Å²) in [5, 5.41) is 2.00. The van der Waals surface area contributed by atoms with Gasteiger partial charge in [0.2, 0.25) is 0 Å². The molecular weight excluding hydrogens is 268 g/mol. The van der Waals surface area contributed by atoms with Crippen molar-refractivity contribution < 1.29 is 0 Å². The molecule has 20 heavy (non-hydrogen) atoms. The third-order valence-corrected chi connectivity index (χ3v) is 4.52. The van der Waals surface area contributed by atoms with Crippen LogP contribution in [0, 0.1) is 0 Å². The van der Waals surface area contributed by atoms with E-state index in [2.05, 4.69) is 35.3 Å². The second-order valence-corrected chi connectivity index (χ2v) is 5.78. The summed E-state index contributed by atoms with van der Waals surface area (Å²) in [6, 6.07) is 14.5. The molecule has 0 amide bonds. The first-order valence-corrected chi connectivity index (χ1v) is 7.27. The summed E-state index contributed by atoms with van der Waals surface area (Å²) in [6.45, 7) is 0. The van der Waals surface area contributed by atoms with E-state index in [0.29, 0.717) is 0 Å². The number of benzene rings is 2. The van der Waals surface area contributed by atoms with Gasteiger partial charge in [0.1, 0.15) is 0 Å². The SMILES string of the molecule is NC1CCc2c(-c3ccccc3)[nH]c3c(Cl)ccc1c23. The van der Waals surface area contributed by atoms with Crippen molar-refractivity contribution in [3.05, 3.63) is 58.6 Å². The molecule has 0 saturated heterocycles. The number of aromatic nitrogens is 1. The zero-order chi connectivity index (χ0) is 13.7. The lowest BCUT2D eigenvalue weighted by Crippen LogP contribution is -2.15. The summed E-state index contributed by atoms with van der Waals surface area (Å²) in [6.07, 6.45) is 1.99. The standard InChI is InChI=1S/C17H15ClN2/c18-13-8-6-11-14(19)9-7-12-15(11)17(13)20-16(12)10-4-2-1-3-5-10/h1-6,8,14,20H,7,9,19H2. The molecule has 4 rings (SSSR count). The molecule has 1 heterocycles. The summed E-state index contributed by atoms with van der Waals surface area (Å²) in [7, 11) is 0. The van der Waals surface area contributed by atoms with E-state index in [0.717, 1.165) is 23.4 Å². The van der Waals surface area contributed by atoms with Crippen LogP contribution >= 0.6 is 11.6 Å². The average molecular weight is 283 g/mol. The molecular formula is C17H15ClN2. The first-order valence-electron chi connectivity index (χ1n) is 6.89. The number of rotatable bonds is 1. The van der Waals surface area contributed by atoms with Gasteiger partial charge in [-0.3, -0.25) is 0 Å². The number of aromatic amines is 1. The second kappa shape index (κ2) is 4.37. The quantitative estimate of drug-likeness (QED) is 0.681. The Morgan fingerprint density at radius 3 is 2.70 bits per heavy atom. The lowest BCUT2D eigenvalue weighted by atomic mass is 9.87. The number of nitrogens with two attached hydrogens (primary N) is 1. The molecule has 2 nitrogen and oxygen atoms in total. The fourth-order valence-corrected chi connectivity index (χ4v) is 3.44. The molecule has 1 aromatic heterocycles. The predicted molar refractivity (Wildman–Crippen MR) is 84.0 cm³/mol. The van der Waals surface area contributed by atoms with Crippen LogP contribution in [0.2, 0.25) is 5.02 Å². The third-order valence-electron chi connectivity index (χ3n) is 4.21. The first kappa shape index (κ1) is 12.0. The fraction of sp³-hybridized carbons (Fsp3) is 0.176. The van der Waals surface area contributed by atoms with E-state index >= 15 is 0 Å². The molecule has 1 atom stereocenters. The van der Waals surface area contributed by atoms with Gasteiger partial charge in [-0.05, 0) is 35.6 Å². The van der Waals surface area contributed by atoms with E-state index in [1.165, 1.54) is 27.8 Å². The van der Waals surface area contributed by atoms with Gasteiger partial charge in [0.05, 0.1) is 10.5 Å². The maximum atomic E-state index is 6.36. The second-order valence-electron chi connectivity index (χ2n) is 5.38. The summed E-state index contributed by atoms with van der Waals surface area (Å²) in [5.74, 6) is 0. The van der Waals surface area contributed by atoms with E-state index in [9.17, 15) is 0 Å². The molecule has 0 bridgehead atoms. The number of H-pyrrole nitrogens is 1. The predicted octanol–water partition coefficient (Wildman–Crippen LogP) is 4.43. The third kappa shape index (κ3) is 1.62. The Kier molecular flexibility index (Phi) is 2.62. The van der Waals surface area contributed by atoms with Crippen LogP contribution in [0.15, 0.2) is 42.5 Å². The number of hydrogen-bond donors (Lipinski definition) is 2. The molecule has 0 saturated carbocycles. The Bertz CT molecular complexity index is 790. The minimum absolute atomic E-state index is 0.113. The topological polar surface area (TPSA) is 41.8 Å². The van der Waals surface area contributed by atoms with Crippen molar-refractivity contribution in [2.24, 2.45) is 5.73 Å². The summed E-state index contributed by atoms with van der Waals surface area (Å²) in [4.78, 5) is 3.51. The highest BCUT2D eigenvalue weighted by atomic mass is 35.5. The number of halogens is 1. The van der Waals surface area contributed by atoms with Crippen LogP contribution in [0.3, 0.4) is 0 Å². The van der Waals surface area contributed by atoms with Gasteiger partial charge >= 0.3 is 0 Å². The van der Waals surface area contributed by atoms with Gasteiger partial charge < -0.3 is 10.7 Å². The van der Waals surface area contributed by atoms with Crippen LogP contribution in [0.1, 0.15) is 23.6 Å². The van der Waals surface area contributed by atoms with Gasteiger partial charge in [-0.25, -0.2) is 0 Å². The molecule has 0 aliphatic heterocycles. The minimum atomic E-state index is 0.113. The molecule has 3 heteroatoms. The molecule has 2 aromatic carbocycles. The number of nitrogens with one attached hydrogen (secondary N) is 1. The molecule has 100 valence electrons. The highest BCUT2D eigenvalue weighted by Gasteiger charge is 2.24. The van der Waals surface area contributed by atoms with Crippen LogP contribution in [-0.2, 0) is 6.42 Å². The zero-order valence-corrected chi connectivity index (χ0v) is 11.7. The van der Waals surface area contributed by atoms with Gasteiger partial charge in [0, 0.05) is 17.1 Å². The maximum absolute atomic E-state index is 6.36.